The molecular weight excluding hydrogens is 749 g/mol. The van der Waals surface area contributed by atoms with Crippen molar-refractivity contribution >= 4 is 61.4 Å². The smallest absolute Gasteiger partial charge is 0.415 e. The largest absolute Gasteiger partial charge is 0.445 e. The van der Waals surface area contributed by atoms with Gasteiger partial charge in [0.1, 0.15) is 18.4 Å². The van der Waals surface area contributed by atoms with Gasteiger partial charge in [-0.05, 0) is 51.1 Å². The SMILES string of the molecule is [CH2+]S(=O)(=O)SCCCCCC(=O)N(C)[C@@H](CC(=O)ON1C(=O)CCC1=O)C(=O)NCCCN(C)C(=O)OCc1ccc(OC(=O)N(C)CCN(C)C)cc1. The molecule has 0 radical (unpaired) electrons. The third kappa shape index (κ3) is 17.1. The lowest BCUT2D eigenvalue weighted by Gasteiger charge is -2.27. The second-order valence-electron chi connectivity index (χ2n) is 12.8. The van der Waals surface area contributed by atoms with Crippen LogP contribution in [0.5, 0.6) is 5.75 Å². The highest BCUT2D eigenvalue weighted by Gasteiger charge is 2.35. The number of hydroxylamine groups is 2. The molecule has 1 N–H and O–H groups in total. The molecule has 1 atom stereocenters. The van der Waals surface area contributed by atoms with E-state index in [1.165, 1.54) is 23.9 Å². The van der Waals surface area contributed by atoms with E-state index >= 15 is 0 Å². The van der Waals surface area contributed by atoms with Crippen LogP contribution in [0.4, 0.5) is 9.59 Å². The van der Waals surface area contributed by atoms with Crippen molar-refractivity contribution in [1.82, 2.24) is 30.0 Å². The van der Waals surface area contributed by atoms with Crippen LogP contribution in [0.3, 0.4) is 0 Å². The Labute approximate surface area is 320 Å². The first-order valence-corrected chi connectivity index (χ1v) is 20.4. The minimum atomic E-state index is -3.41. The number of hydrogen-bond acceptors (Lipinski definition) is 14. The van der Waals surface area contributed by atoms with Gasteiger partial charge in [-0.2, -0.15) is 8.42 Å². The monoisotopic (exact) mass is 799 g/mol. The molecule has 1 aromatic carbocycles. The van der Waals surface area contributed by atoms with Crippen molar-refractivity contribution in [3.63, 3.8) is 0 Å². The second-order valence-corrected chi connectivity index (χ2v) is 16.8. The molecule has 54 heavy (non-hydrogen) atoms. The van der Waals surface area contributed by atoms with Crippen molar-refractivity contribution in [1.29, 1.82) is 0 Å². The first-order valence-electron chi connectivity index (χ1n) is 17.2. The Hall–Kier alpha value is -4.56. The van der Waals surface area contributed by atoms with Gasteiger partial charge in [-0.1, -0.05) is 18.6 Å². The Morgan fingerprint density at radius 2 is 1.50 bits per heavy atom. The predicted molar refractivity (Wildman–Crippen MR) is 198 cm³/mol. The summed E-state index contributed by atoms with van der Waals surface area (Å²) in [7, 11) is 5.61. The number of likely N-dealkylation sites (N-methyl/N-ethyl adjacent to an activating group) is 3. The van der Waals surface area contributed by atoms with Gasteiger partial charge in [0.2, 0.25) is 11.8 Å². The molecule has 0 bridgehead atoms. The normalized spacial score (nSPS) is 13.3. The molecule has 18 nitrogen and oxygen atoms in total. The zero-order valence-corrected chi connectivity index (χ0v) is 33.1. The Bertz CT molecular complexity index is 1560. The van der Waals surface area contributed by atoms with Crippen LogP contribution in [0, 0.1) is 6.26 Å². The topological polar surface area (TPSA) is 210 Å². The quantitative estimate of drug-likeness (QED) is 0.0770. The first kappa shape index (κ1) is 45.6. The Morgan fingerprint density at radius 1 is 0.870 bits per heavy atom. The van der Waals surface area contributed by atoms with Crippen LogP contribution < -0.4 is 10.1 Å². The molecule has 6 amide bonds. The molecule has 2 rings (SSSR count). The lowest BCUT2D eigenvalue weighted by atomic mass is 10.1. The van der Waals surface area contributed by atoms with E-state index in [-0.39, 0.29) is 45.4 Å². The number of unbranched alkanes of at least 4 members (excludes halogenated alkanes) is 2. The summed E-state index contributed by atoms with van der Waals surface area (Å²) in [6, 6.07) is 5.18. The molecule has 0 spiro atoms. The summed E-state index contributed by atoms with van der Waals surface area (Å²) in [5.74, 6) is -2.95. The van der Waals surface area contributed by atoms with Gasteiger partial charge >= 0.3 is 27.0 Å². The number of carbonyl (C=O) groups excluding carboxylic acids is 7. The Morgan fingerprint density at radius 3 is 2.11 bits per heavy atom. The van der Waals surface area contributed by atoms with Crippen molar-refractivity contribution in [2.45, 2.75) is 64.0 Å². The number of rotatable bonds is 22. The second kappa shape index (κ2) is 22.6. The summed E-state index contributed by atoms with van der Waals surface area (Å²) in [6.07, 6.45) is 2.81. The van der Waals surface area contributed by atoms with Gasteiger partial charge in [-0.3, -0.25) is 19.2 Å². The van der Waals surface area contributed by atoms with E-state index in [2.05, 4.69) is 11.6 Å². The number of amides is 6. The molecule has 20 heteroatoms. The van der Waals surface area contributed by atoms with Crippen LogP contribution >= 0.6 is 10.8 Å². The molecule has 1 fully saturated rings. The summed E-state index contributed by atoms with van der Waals surface area (Å²) in [6.45, 7) is 1.39. The summed E-state index contributed by atoms with van der Waals surface area (Å²) < 4.78 is 33.1. The van der Waals surface area contributed by atoms with Gasteiger partial charge in [0.25, 0.3) is 11.8 Å². The lowest BCUT2D eigenvalue weighted by molar-refractivity contribution is -0.198. The summed E-state index contributed by atoms with van der Waals surface area (Å²) in [5.41, 5.74) is 0.662. The predicted octanol–water partition coefficient (Wildman–Crippen LogP) is 1.99. The number of ether oxygens (including phenoxy) is 2. The molecule has 1 aromatic rings. The molecule has 0 aliphatic carbocycles. The minimum Gasteiger partial charge on any atom is -0.445 e. The molecule has 300 valence electrons. The molecule has 1 aliphatic rings. The van der Waals surface area contributed by atoms with Crippen molar-refractivity contribution in [3.8, 4) is 5.75 Å². The van der Waals surface area contributed by atoms with Gasteiger partial charge in [0, 0.05) is 83.1 Å². The zero-order chi connectivity index (χ0) is 40.4. The van der Waals surface area contributed by atoms with Crippen LogP contribution in [0.1, 0.15) is 56.9 Å². The fourth-order valence-corrected chi connectivity index (χ4v) is 6.41. The van der Waals surface area contributed by atoms with Gasteiger partial charge < -0.3 is 39.2 Å². The van der Waals surface area contributed by atoms with Crippen LogP contribution in [0.2, 0.25) is 0 Å². The number of benzene rings is 1. The standard InChI is InChI=1S/C34H50N6O12S2/c1-36(2)20-21-38(4)34(47)51-26-14-12-25(13-15-26)24-50-33(46)37(3)19-10-18-35-32(45)27(23-31(44)52-40-29(42)16-17-30(40)43)39(5)28(41)11-8-7-9-22-53-54(6,48)49/h12-15,27H,6-11,16-24H2,1-5H3/p+1/t27-/m0/s1. The van der Waals surface area contributed by atoms with Crippen LogP contribution in [0.15, 0.2) is 24.3 Å². The fraction of sp³-hybridized carbons (Fsp3) is 0.588. The highest BCUT2D eigenvalue weighted by atomic mass is 33.1. The van der Waals surface area contributed by atoms with Crippen molar-refractivity contribution < 1.29 is 56.3 Å². The van der Waals surface area contributed by atoms with Gasteiger partial charge in [0.05, 0.1) is 6.42 Å². The Balaban J connectivity index is 1.85. The fourth-order valence-electron chi connectivity index (χ4n) is 4.72. The number of hydrogen-bond donors (Lipinski definition) is 1. The van der Waals surface area contributed by atoms with Gasteiger partial charge in [0.15, 0.2) is 6.26 Å². The van der Waals surface area contributed by atoms with E-state index in [4.69, 9.17) is 14.3 Å². The molecule has 1 heterocycles. The van der Waals surface area contributed by atoms with E-state index in [1.807, 2.05) is 19.0 Å². The van der Waals surface area contributed by atoms with Gasteiger partial charge in [-0.25, -0.2) is 14.4 Å². The minimum absolute atomic E-state index is 0.0135. The molecule has 0 aromatic heterocycles. The lowest BCUT2D eigenvalue weighted by Crippen LogP contribution is -2.49. The average molecular weight is 800 g/mol. The van der Waals surface area contributed by atoms with E-state index in [9.17, 15) is 42.0 Å². The summed E-state index contributed by atoms with van der Waals surface area (Å²) >= 11 is 0. The molecule has 0 saturated carbocycles. The number of imide groups is 1. The van der Waals surface area contributed by atoms with Crippen LogP contribution in [0.25, 0.3) is 0 Å². The highest BCUT2D eigenvalue weighted by molar-refractivity contribution is 8.72. The molecule has 0 unspecified atom stereocenters. The van der Waals surface area contributed by atoms with Crippen LogP contribution in [-0.4, -0.2) is 148 Å². The number of carbonyl (C=O) groups is 7. The van der Waals surface area contributed by atoms with E-state index in [0.717, 1.165) is 4.90 Å². The van der Waals surface area contributed by atoms with E-state index in [0.29, 0.717) is 65.3 Å². The van der Waals surface area contributed by atoms with Crippen molar-refractivity contribution in [3.05, 3.63) is 36.1 Å². The molecular formula is C34H51N6O12S2+. The third-order valence-electron chi connectivity index (χ3n) is 7.99. The maximum atomic E-state index is 13.2. The van der Waals surface area contributed by atoms with E-state index in [1.54, 1.807) is 31.3 Å². The van der Waals surface area contributed by atoms with Crippen LogP contribution in [-0.2, 0) is 49.0 Å². The van der Waals surface area contributed by atoms with Gasteiger partial charge in [-0.15, -0.1) is 5.06 Å². The van der Waals surface area contributed by atoms with Crippen molar-refractivity contribution in [2.24, 2.45) is 0 Å². The molecule has 1 aliphatic heterocycles. The Kier molecular flexibility index (Phi) is 19.1. The average Bonchev–Trinajstić information content (AvgIpc) is 3.43. The first-order chi connectivity index (χ1) is 25.4. The van der Waals surface area contributed by atoms with E-state index < -0.39 is 63.1 Å². The summed E-state index contributed by atoms with van der Waals surface area (Å²) in [4.78, 5) is 98.3. The number of nitrogens with one attached hydrogen (secondary N) is 1. The summed E-state index contributed by atoms with van der Waals surface area (Å²) in [5, 5.41) is 3.01. The maximum absolute atomic E-state index is 13.2. The third-order valence-corrected chi connectivity index (χ3v) is 10.4. The zero-order valence-electron chi connectivity index (χ0n) is 31.4. The maximum Gasteiger partial charge on any atom is 0.415 e. The molecule has 1 saturated heterocycles. The number of nitrogens with zero attached hydrogens (tertiary/aromatic N) is 5. The highest BCUT2D eigenvalue weighted by Crippen LogP contribution is 2.18. The van der Waals surface area contributed by atoms with Crippen molar-refractivity contribution in [2.75, 3.05) is 67.2 Å².